The van der Waals surface area contributed by atoms with Gasteiger partial charge in [-0.3, -0.25) is 4.98 Å². The Kier molecular flexibility index (Phi) is 4.40. The fourth-order valence-electron chi connectivity index (χ4n) is 4.10. The average molecular weight is 398 g/mol. The number of benzene rings is 1. The van der Waals surface area contributed by atoms with E-state index in [4.69, 9.17) is 4.98 Å². The second-order valence-electron chi connectivity index (χ2n) is 7.49. The number of halogens is 1. The summed E-state index contributed by atoms with van der Waals surface area (Å²) < 4.78 is 14.4. The monoisotopic (exact) mass is 398 g/mol. The highest BCUT2D eigenvalue weighted by Gasteiger charge is 2.24. The number of imidazole rings is 1. The van der Waals surface area contributed by atoms with Crippen molar-refractivity contribution in [3.8, 4) is 28.6 Å². The van der Waals surface area contributed by atoms with Crippen molar-refractivity contribution >= 4 is 16.7 Å². The second-order valence-corrected chi connectivity index (χ2v) is 7.49. The molecule has 4 heterocycles. The highest BCUT2D eigenvalue weighted by atomic mass is 19.1. The Morgan fingerprint density at radius 3 is 2.70 bits per heavy atom. The molecule has 0 spiro atoms. The van der Waals surface area contributed by atoms with Gasteiger partial charge < -0.3 is 9.88 Å². The molecule has 4 aromatic rings. The molecule has 6 nitrogen and oxygen atoms in total. The number of nitriles is 1. The summed E-state index contributed by atoms with van der Waals surface area (Å²) in [5.41, 5.74) is 5.88. The molecule has 0 saturated carbocycles. The topological polar surface area (TPSA) is 81.5 Å². The number of nitrogens with zero attached hydrogens (tertiary/aromatic N) is 5. The second kappa shape index (κ2) is 7.23. The van der Waals surface area contributed by atoms with Crippen molar-refractivity contribution in [3.63, 3.8) is 0 Å². The number of aromatic nitrogens is 4. The van der Waals surface area contributed by atoms with Gasteiger partial charge in [0.2, 0.25) is 0 Å². The van der Waals surface area contributed by atoms with Crippen molar-refractivity contribution in [2.24, 2.45) is 0 Å². The van der Waals surface area contributed by atoms with Crippen molar-refractivity contribution in [1.82, 2.24) is 19.9 Å². The van der Waals surface area contributed by atoms with E-state index in [0.717, 1.165) is 53.9 Å². The van der Waals surface area contributed by atoms with Gasteiger partial charge in [0, 0.05) is 37.2 Å². The highest BCUT2D eigenvalue weighted by molar-refractivity contribution is 5.91. The lowest BCUT2D eigenvalue weighted by Gasteiger charge is -2.24. The molecule has 7 heteroatoms. The summed E-state index contributed by atoms with van der Waals surface area (Å²) in [6.45, 7) is 3.77. The molecule has 1 aliphatic heterocycles. The summed E-state index contributed by atoms with van der Waals surface area (Å²) in [4.78, 5) is 18.7. The molecule has 0 unspecified atom stereocenters. The van der Waals surface area contributed by atoms with E-state index < -0.39 is 0 Å². The van der Waals surface area contributed by atoms with Crippen molar-refractivity contribution in [2.45, 2.75) is 19.8 Å². The van der Waals surface area contributed by atoms with Gasteiger partial charge in [-0.2, -0.15) is 5.26 Å². The third-order valence-electron chi connectivity index (χ3n) is 5.58. The molecule has 3 aromatic heterocycles. The number of H-pyrrole nitrogens is 1. The van der Waals surface area contributed by atoms with Gasteiger partial charge in [0.15, 0.2) is 0 Å². The number of hydrogen-bond donors (Lipinski definition) is 1. The summed E-state index contributed by atoms with van der Waals surface area (Å²) in [5.74, 6) is 0.262. The zero-order valence-corrected chi connectivity index (χ0v) is 16.5. The Labute approximate surface area is 173 Å². The van der Waals surface area contributed by atoms with Crippen LogP contribution >= 0.6 is 0 Å². The molecule has 0 aliphatic carbocycles. The van der Waals surface area contributed by atoms with Crippen LogP contribution in [0, 0.1) is 24.1 Å². The van der Waals surface area contributed by atoms with E-state index in [1.54, 1.807) is 24.5 Å². The van der Waals surface area contributed by atoms with E-state index in [1.165, 1.54) is 6.07 Å². The maximum Gasteiger partial charge on any atom is 0.148 e. The molecule has 1 aliphatic rings. The number of rotatable bonds is 3. The van der Waals surface area contributed by atoms with E-state index in [9.17, 15) is 9.65 Å². The molecule has 0 radical (unpaired) electrons. The lowest BCUT2D eigenvalue weighted by Crippen LogP contribution is -2.20. The van der Waals surface area contributed by atoms with E-state index in [-0.39, 0.29) is 5.82 Å². The normalized spacial score (nSPS) is 13.7. The van der Waals surface area contributed by atoms with Crippen LogP contribution in [0.4, 0.5) is 10.1 Å². The van der Waals surface area contributed by atoms with Crippen LogP contribution in [0.1, 0.15) is 24.1 Å². The first-order valence-corrected chi connectivity index (χ1v) is 9.90. The minimum atomic E-state index is -0.325. The zero-order chi connectivity index (χ0) is 20.7. The Morgan fingerprint density at radius 1 is 1.13 bits per heavy atom. The van der Waals surface area contributed by atoms with E-state index in [2.05, 4.69) is 25.9 Å². The van der Waals surface area contributed by atoms with Crippen LogP contribution in [0.15, 0.2) is 42.9 Å². The number of aromatic amines is 1. The number of aryl methyl sites for hydroxylation is 1. The molecule has 148 valence electrons. The van der Waals surface area contributed by atoms with Gasteiger partial charge in [0.1, 0.15) is 28.9 Å². The Hall–Kier alpha value is -3.79. The third kappa shape index (κ3) is 2.98. The summed E-state index contributed by atoms with van der Waals surface area (Å²) in [5, 5.41) is 9.27. The first-order chi connectivity index (χ1) is 14.7. The van der Waals surface area contributed by atoms with Crippen LogP contribution in [0.25, 0.3) is 33.5 Å². The standard InChI is InChI=1S/C23H19FN6/c1-14-4-5-19(24)21-20(14)28-23(29-21)18-13-26-12-17(22(18)30-8-2-3-9-30)15-6-7-27-16(10-15)11-25/h4-7,10,12-13H,2-3,8-9H2,1H3,(H,28,29). The lowest BCUT2D eigenvalue weighted by atomic mass is 10.0. The maximum absolute atomic E-state index is 14.4. The molecule has 1 saturated heterocycles. The van der Waals surface area contributed by atoms with Crippen LogP contribution in [0.2, 0.25) is 0 Å². The fraction of sp³-hybridized carbons (Fsp3) is 0.217. The number of pyridine rings is 2. The van der Waals surface area contributed by atoms with Crippen LogP contribution < -0.4 is 4.90 Å². The first kappa shape index (κ1) is 18.3. The molecule has 1 N–H and O–H groups in total. The number of anilines is 1. The molecule has 1 fully saturated rings. The predicted octanol–water partition coefficient (Wildman–Crippen LogP) is 4.61. The summed E-state index contributed by atoms with van der Waals surface area (Å²) >= 11 is 0. The van der Waals surface area contributed by atoms with Crippen molar-refractivity contribution < 1.29 is 4.39 Å². The SMILES string of the molecule is Cc1ccc(F)c2[nH]c(-c3cncc(-c4ccnc(C#N)c4)c3N3CCCC3)nc12. The smallest absolute Gasteiger partial charge is 0.148 e. The van der Waals surface area contributed by atoms with Gasteiger partial charge in [-0.1, -0.05) is 6.07 Å². The molecular formula is C23H19FN6. The zero-order valence-electron chi connectivity index (χ0n) is 16.5. The molecule has 5 rings (SSSR count). The van der Waals surface area contributed by atoms with Crippen molar-refractivity contribution in [1.29, 1.82) is 5.26 Å². The minimum Gasteiger partial charge on any atom is -0.370 e. The van der Waals surface area contributed by atoms with E-state index >= 15 is 0 Å². The third-order valence-corrected chi connectivity index (χ3v) is 5.58. The van der Waals surface area contributed by atoms with Gasteiger partial charge in [0.25, 0.3) is 0 Å². The first-order valence-electron chi connectivity index (χ1n) is 9.90. The molecule has 30 heavy (non-hydrogen) atoms. The molecule has 0 bridgehead atoms. The van der Waals surface area contributed by atoms with Gasteiger partial charge in [-0.15, -0.1) is 0 Å². The number of nitrogens with one attached hydrogen (secondary N) is 1. The van der Waals surface area contributed by atoms with E-state index in [0.29, 0.717) is 22.6 Å². The fourth-order valence-corrected chi connectivity index (χ4v) is 4.10. The van der Waals surface area contributed by atoms with Crippen molar-refractivity contribution in [2.75, 3.05) is 18.0 Å². The molecule has 1 aromatic carbocycles. The van der Waals surface area contributed by atoms with Gasteiger partial charge in [-0.25, -0.2) is 14.4 Å². The van der Waals surface area contributed by atoms with Gasteiger partial charge in [0.05, 0.1) is 16.8 Å². The number of hydrogen-bond acceptors (Lipinski definition) is 5. The van der Waals surface area contributed by atoms with Crippen LogP contribution in [-0.2, 0) is 0 Å². The van der Waals surface area contributed by atoms with Crippen LogP contribution in [0.5, 0.6) is 0 Å². The van der Waals surface area contributed by atoms with E-state index in [1.807, 2.05) is 19.2 Å². The Balaban J connectivity index is 1.76. The molecule has 0 atom stereocenters. The van der Waals surface area contributed by atoms with Crippen LogP contribution in [-0.4, -0.2) is 33.0 Å². The Bertz CT molecular complexity index is 1260. The maximum atomic E-state index is 14.4. The van der Waals surface area contributed by atoms with Crippen molar-refractivity contribution in [3.05, 3.63) is 59.9 Å². The summed E-state index contributed by atoms with van der Waals surface area (Å²) in [6.07, 6.45) is 7.43. The lowest BCUT2D eigenvalue weighted by molar-refractivity contribution is 0.637. The largest absolute Gasteiger partial charge is 0.370 e. The average Bonchev–Trinajstić information content (AvgIpc) is 3.47. The van der Waals surface area contributed by atoms with Gasteiger partial charge in [-0.05, 0) is 49.1 Å². The highest BCUT2D eigenvalue weighted by Crippen LogP contribution is 2.40. The predicted molar refractivity (Wildman–Crippen MR) is 113 cm³/mol. The minimum absolute atomic E-state index is 0.325. The quantitative estimate of drug-likeness (QED) is 0.545. The number of fused-ring (bicyclic) bond motifs is 1. The molecule has 0 amide bonds. The Morgan fingerprint density at radius 2 is 1.93 bits per heavy atom. The molecular weight excluding hydrogens is 379 g/mol. The summed E-state index contributed by atoms with van der Waals surface area (Å²) in [6, 6.07) is 8.93. The van der Waals surface area contributed by atoms with Gasteiger partial charge >= 0.3 is 0 Å². The summed E-state index contributed by atoms with van der Waals surface area (Å²) in [7, 11) is 0. The van der Waals surface area contributed by atoms with Crippen LogP contribution in [0.3, 0.4) is 0 Å².